The maximum absolute atomic E-state index is 13.1. The molecule has 1 saturated heterocycles. The van der Waals surface area contributed by atoms with Gasteiger partial charge in [0.1, 0.15) is 12.4 Å². The number of aromatic amines is 1. The SMILES string of the molecule is CCc1nccn1CC(=O)N1CCCC(c2[nH]c3ccc(C)cc3c2-c2ccncc2)C1. The number of aromatic nitrogens is 4. The lowest BCUT2D eigenvalue weighted by atomic mass is 9.89. The molecule has 5 rings (SSSR count). The molecule has 1 unspecified atom stereocenters. The number of imidazole rings is 1. The number of nitrogens with one attached hydrogen (secondary N) is 1. The summed E-state index contributed by atoms with van der Waals surface area (Å²) in [6.07, 6.45) is 10.3. The number of H-pyrrole nitrogens is 1. The number of rotatable bonds is 5. The molecule has 0 spiro atoms. The summed E-state index contributed by atoms with van der Waals surface area (Å²) in [4.78, 5) is 27.4. The molecule has 1 aliphatic rings. The van der Waals surface area contributed by atoms with Crippen LogP contribution in [0, 0.1) is 6.92 Å². The Hall–Kier alpha value is -3.41. The second-order valence-corrected chi connectivity index (χ2v) is 8.70. The van der Waals surface area contributed by atoms with E-state index in [0.29, 0.717) is 6.54 Å². The molecule has 0 aliphatic carbocycles. The second-order valence-electron chi connectivity index (χ2n) is 8.70. The average molecular weight is 428 g/mol. The Labute approximate surface area is 188 Å². The molecule has 164 valence electrons. The number of pyridine rings is 1. The highest BCUT2D eigenvalue weighted by atomic mass is 16.2. The van der Waals surface area contributed by atoms with Crippen molar-refractivity contribution in [1.29, 1.82) is 0 Å². The summed E-state index contributed by atoms with van der Waals surface area (Å²) >= 11 is 0. The fourth-order valence-corrected chi connectivity index (χ4v) is 4.95. The number of fused-ring (bicyclic) bond motifs is 1. The Morgan fingerprint density at radius 3 is 2.84 bits per heavy atom. The summed E-state index contributed by atoms with van der Waals surface area (Å²) in [7, 11) is 0. The molecule has 1 amide bonds. The van der Waals surface area contributed by atoms with Gasteiger partial charge in [-0.25, -0.2) is 4.98 Å². The van der Waals surface area contributed by atoms with Gasteiger partial charge in [0.2, 0.25) is 5.91 Å². The molecule has 3 aromatic heterocycles. The van der Waals surface area contributed by atoms with Gasteiger partial charge in [-0.1, -0.05) is 18.6 Å². The monoisotopic (exact) mass is 427 g/mol. The van der Waals surface area contributed by atoms with E-state index in [2.05, 4.69) is 59.1 Å². The molecular weight excluding hydrogens is 398 g/mol. The zero-order valence-electron chi connectivity index (χ0n) is 18.7. The minimum absolute atomic E-state index is 0.166. The molecule has 1 fully saturated rings. The maximum atomic E-state index is 13.1. The Kier molecular flexibility index (Phi) is 5.52. The van der Waals surface area contributed by atoms with E-state index in [4.69, 9.17) is 0 Å². The lowest BCUT2D eigenvalue weighted by molar-refractivity contribution is -0.133. The number of benzene rings is 1. The molecule has 1 aliphatic heterocycles. The fraction of sp³-hybridized carbons (Fsp3) is 0.346. The number of likely N-dealkylation sites (tertiary alicyclic amines) is 1. The van der Waals surface area contributed by atoms with Gasteiger partial charge in [0, 0.05) is 72.4 Å². The van der Waals surface area contributed by atoms with Crippen LogP contribution in [0.4, 0.5) is 0 Å². The molecule has 1 aromatic carbocycles. The van der Waals surface area contributed by atoms with E-state index >= 15 is 0 Å². The van der Waals surface area contributed by atoms with Crippen LogP contribution in [0.5, 0.6) is 0 Å². The normalized spacial score (nSPS) is 16.6. The minimum atomic E-state index is 0.166. The van der Waals surface area contributed by atoms with Crippen molar-refractivity contribution in [2.24, 2.45) is 0 Å². The van der Waals surface area contributed by atoms with Crippen molar-refractivity contribution < 1.29 is 4.79 Å². The van der Waals surface area contributed by atoms with Gasteiger partial charge in [-0.15, -0.1) is 0 Å². The molecular formula is C26H29N5O. The number of piperidine rings is 1. The number of hydrogen-bond donors (Lipinski definition) is 1. The van der Waals surface area contributed by atoms with Crippen molar-refractivity contribution in [2.75, 3.05) is 13.1 Å². The van der Waals surface area contributed by atoms with E-state index in [9.17, 15) is 4.79 Å². The molecule has 0 radical (unpaired) electrons. The molecule has 0 bridgehead atoms. The Bertz CT molecular complexity index is 1240. The lowest BCUT2D eigenvalue weighted by Crippen LogP contribution is -2.41. The third-order valence-electron chi connectivity index (χ3n) is 6.56. The fourth-order valence-electron chi connectivity index (χ4n) is 4.95. The molecule has 4 aromatic rings. The van der Waals surface area contributed by atoms with E-state index in [-0.39, 0.29) is 11.8 Å². The van der Waals surface area contributed by atoms with E-state index in [1.165, 1.54) is 27.8 Å². The first-order valence-electron chi connectivity index (χ1n) is 11.4. The van der Waals surface area contributed by atoms with Gasteiger partial charge in [0.25, 0.3) is 0 Å². The van der Waals surface area contributed by atoms with Crippen LogP contribution in [0.2, 0.25) is 0 Å². The molecule has 1 atom stereocenters. The highest BCUT2D eigenvalue weighted by Gasteiger charge is 2.29. The van der Waals surface area contributed by atoms with Crippen molar-refractivity contribution in [1.82, 2.24) is 24.4 Å². The van der Waals surface area contributed by atoms with Gasteiger partial charge < -0.3 is 14.5 Å². The van der Waals surface area contributed by atoms with Crippen molar-refractivity contribution in [3.63, 3.8) is 0 Å². The summed E-state index contributed by atoms with van der Waals surface area (Å²) < 4.78 is 1.97. The number of carbonyl (C=O) groups excluding carboxylic acids is 1. The third kappa shape index (κ3) is 3.81. The van der Waals surface area contributed by atoms with Crippen molar-refractivity contribution >= 4 is 16.8 Å². The average Bonchev–Trinajstić information content (AvgIpc) is 3.43. The molecule has 0 saturated carbocycles. The third-order valence-corrected chi connectivity index (χ3v) is 6.56. The first kappa shape index (κ1) is 20.5. The van der Waals surface area contributed by atoms with Crippen LogP contribution in [0.1, 0.15) is 42.8 Å². The van der Waals surface area contributed by atoms with E-state index in [1.807, 2.05) is 28.1 Å². The van der Waals surface area contributed by atoms with Gasteiger partial charge in [-0.05, 0) is 49.6 Å². The van der Waals surface area contributed by atoms with Gasteiger partial charge >= 0.3 is 0 Å². The standard InChI is InChI=1S/C26H29N5O/c1-3-23-28-12-14-30(23)17-24(32)31-13-4-5-20(16-31)26-25(19-8-10-27-11-9-19)21-15-18(2)6-7-22(21)29-26/h6-12,14-15,20,29H,3-5,13,16-17H2,1-2H3. The first-order valence-corrected chi connectivity index (χ1v) is 11.4. The number of hydrogen-bond acceptors (Lipinski definition) is 3. The topological polar surface area (TPSA) is 66.8 Å². The number of amides is 1. The molecule has 6 nitrogen and oxygen atoms in total. The summed E-state index contributed by atoms with van der Waals surface area (Å²) in [6, 6.07) is 10.7. The predicted molar refractivity (Wildman–Crippen MR) is 126 cm³/mol. The van der Waals surface area contributed by atoms with Crippen LogP contribution in [-0.2, 0) is 17.8 Å². The molecule has 32 heavy (non-hydrogen) atoms. The van der Waals surface area contributed by atoms with E-state index in [1.54, 1.807) is 6.20 Å². The summed E-state index contributed by atoms with van der Waals surface area (Å²) in [6.45, 7) is 6.11. The van der Waals surface area contributed by atoms with Crippen molar-refractivity contribution in [3.05, 3.63) is 72.2 Å². The minimum Gasteiger partial charge on any atom is -0.358 e. The summed E-state index contributed by atoms with van der Waals surface area (Å²) in [5.74, 6) is 1.40. The first-order chi connectivity index (χ1) is 15.6. The second kappa shape index (κ2) is 8.61. The largest absolute Gasteiger partial charge is 0.358 e. The van der Waals surface area contributed by atoms with Gasteiger partial charge in [-0.3, -0.25) is 9.78 Å². The zero-order chi connectivity index (χ0) is 22.1. The van der Waals surface area contributed by atoms with Crippen LogP contribution in [0.25, 0.3) is 22.0 Å². The number of carbonyl (C=O) groups is 1. The van der Waals surface area contributed by atoms with Crippen molar-refractivity contribution in [2.45, 2.75) is 45.6 Å². The quantitative estimate of drug-likeness (QED) is 0.502. The maximum Gasteiger partial charge on any atom is 0.242 e. The van der Waals surface area contributed by atoms with Crippen molar-refractivity contribution in [3.8, 4) is 11.1 Å². The smallest absolute Gasteiger partial charge is 0.242 e. The molecule has 1 N–H and O–H groups in total. The van der Waals surface area contributed by atoms with Crippen LogP contribution in [0.3, 0.4) is 0 Å². The van der Waals surface area contributed by atoms with E-state index in [0.717, 1.165) is 43.7 Å². The van der Waals surface area contributed by atoms with Gasteiger partial charge in [-0.2, -0.15) is 0 Å². The number of aryl methyl sites for hydroxylation is 2. The van der Waals surface area contributed by atoms with Crippen LogP contribution in [0.15, 0.2) is 55.1 Å². The van der Waals surface area contributed by atoms with Crippen LogP contribution < -0.4 is 0 Å². The van der Waals surface area contributed by atoms with Crippen LogP contribution in [-0.4, -0.2) is 43.4 Å². The summed E-state index contributed by atoms with van der Waals surface area (Å²) in [5.41, 5.74) is 6.03. The zero-order valence-corrected chi connectivity index (χ0v) is 18.7. The van der Waals surface area contributed by atoms with Gasteiger partial charge in [0.05, 0.1) is 0 Å². The van der Waals surface area contributed by atoms with Gasteiger partial charge in [0.15, 0.2) is 0 Å². The molecule has 6 heteroatoms. The van der Waals surface area contributed by atoms with Crippen LogP contribution >= 0.6 is 0 Å². The molecule has 4 heterocycles. The Morgan fingerprint density at radius 2 is 2.03 bits per heavy atom. The highest BCUT2D eigenvalue weighted by Crippen LogP contribution is 2.39. The summed E-state index contributed by atoms with van der Waals surface area (Å²) in [5, 5.41) is 1.24. The Balaban J connectivity index is 1.47. The number of nitrogens with zero attached hydrogens (tertiary/aromatic N) is 4. The highest BCUT2D eigenvalue weighted by molar-refractivity contribution is 5.98. The van der Waals surface area contributed by atoms with E-state index < -0.39 is 0 Å². The Morgan fingerprint density at radius 1 is 1.19 bits per heavy atom. The lowest BCUT2D eigenvalue weighted by Gasteiger charge is -2.33. The predicted octanol–water partition coefficient (Wildman–Crippen LogP) is 4.70.